The SMILES string of the molecule is CCN1CCC(CC(=O)N2CCCC[C@@H]2c2nc(C(C)C)no2)CC1. The lowest BCUT2D eigenvalue weighted by Gasteiger charge is -2.36. The molecule has 1 amide bonds. The van der Waals surface area contributed by atoms with Gasteiger partial charge in [0.15, 0.2) is 5.82 Å². The second-order valence-electron chi connectivity index (χ2n) is 7.83. The van der Waals surface area contributed by atoms with Gasteiger partial charge in [-0.2, -0.15) is 4.98 Å². The number of carbonyl (C=O) groups excluding carboxylic acids is 1. The normalized spacial score (nSPS) is 23.4. The van der Waals surface area contributed by atoms with Crippen molar-refractivity contribution in [2.24, 2.45) is 5.92 Å². The number of aromatic nitrogens is 2. The van der Waals surface area contributed by atoms with Crippen LogP contribution in [0.5, 0.6) is 0 Å². The smallest absolute Gasteiger partial charge is 0.249 e. The Labute approximate surface area is 150 Å². The van der Waals surface area contributed by atoms with Gasteiger partial charge in [-0.05, 0) is 57.7 Å². The van der Waals surface area contributed by atoms with E-state index in [-0.39, 0.29) is 17.9 Å². The molecule has 2 saturated heterocycles. The molecule has 0 bridgehead atoms. The highest BCUT2D eigenvalue weighted by Crippen LogP contribution is 2.32. The predicted molar refractivity (Wildman–Crippen MR) is 96.1 cm³/mol. The maximum Gasteiger partial charge on any atom is 0.249 e. The molecule has 25 heavy (non-hydrogen) atoms. The highest BCUT2D eigenvalue weighted by atomic mass is 16.5. The van der Waals surface area contributed by atoms with Crippen molar-refractivity contribution in [1.82, 2.24) is 19.9 Å². The number of hydrogen-bond acceptors (Lipinski definition) is 5. The third kappa shape index (κ3) is 4.40. The summed E-state index contributed by atoms with van der Waals surface area (Å²) in [4.78, 5) is 22.0. The van der Waals surface area contributed by atoms with Crippen LogP contribution in [0.3, 0.4) is 0 Å². The van der Waals surface area contributed by atoms with Crippen LogP contribution >= 0.6 is 0 Å². The second kappa shape index (κ2) is 8.30. The molecular weight excluding hydrogens is 316 g/mol. The molecule has 3 rings (SSSR count). The summed E-state index contributed by atoms with van der Waals surface area (Å²) >= 11 is 0. The van der Waals surface area contributed by atoms with Crippen LogP contribution in [0.4, 0.5) is 0 Å². The van der Waals surface area contributed by atoms with Crippen LogP contribution in [0.1, 0.15) is 83.0 Å². The van der Waals surface area contributed by atoms with Gasteiger partial charge in [0, 0.05) is 18.9 Å². The number of piperidine rings is 2. The first-order valence-electron chi connectivity index (χ1n) is 9.93. The van der Waals surface area contributed by atoms with Gasteiger partial charge in [-0.15, -0.1) is 0 Å². The largest absolute Gasteiger partial charge is 0.337 e. The van der Waals surface area contributed by atoms with Gasteiger partial charge in [0.2, 0.25) is 11.8 Å². The van der Waals surface area contributed by atoms with Crippen molar-refractivity contribution in [2.45, 2.75) is 71.3 Å². The van der Waals surface area contributed by atoms with Crippen LogP contribution in [-0.4, -0.2) is 52.0 Å². The van der Waals surface area contributed by atoms with Crippen molar-refractivity contribution >= 4 is 5.91 Å². The molecule has 1 aromatic heterocycles. The molecule has 3 heterocycles. The van der Waals surface area contributed by atoms with Gasteiger partial charge >= 0.3 is 0 Å². The minimum Gasteiger partial charge on any atom is -0.337 e. The number of carbonyl (C=O) groups is 1. The summed E-state index contributed by atoms with van der Waals surface area (Å²) in [5, 5.41) is 4.09. The Morgan fingerprint density at radius 1 is 1.20 bits per heavy atom. The second-order valence-corrected chi connectivity index (χ2v) is 7.83. The van der Waals surface area contributed by atoms with Gasteiger partial charge in [-0.25, -0.2) is 0 Å². The van der Waals surface area contributed by atoms with Crippen molar-refractivity contribution in [2.75, 3.05) is 26.2 Å². The molecule has 2 fully saturated rings. The van der Waals surface area contributed by atoms with Crippen LogP contribution in [-0.2, 0) is 4.79 Å². The summed E-state index contributed by atoms with van der Waals surface area (Å²) in [6, 6.07) is -0.0306. The minimum atomic E-state index is -0.0306. The maximum absolute atomic E-state index is 13.0. The molecule has 2 aliphatic heterocycles. The van der Waals surface area contributed by atoms with E-state index < -0.39 is 0 Å². The summed E-state index contributed by atoms with van der Waals surface area (Å²) in [7, 11) is 0. The summed E-state index contributed by atoms with van der Waals surface area (Å²) in [5.74, 6) is 2.39. The van der Waals surface area contributed by atoms with Crippen LogP contribution in [0.25, 0.3) is 0 Å². The molecule has 1 atom stereocenters. The number of nitrogens with zero attached hydrogens (tertiary/aromatic N) is 4. The van der Waals surface area contributed by atoms with E-state index in [1.54, 1.807) is 0 Å². The van der Waals surface area contributed by atoms with E-state index in [1.807, 2.05) is 4.90 Å². The third-order valence-corrected chi connectivity index (χ3v) is 5.70. The number of hydrogen-bond donors (Lipinski definition) is 0. The Morgan fingerprint density at radius 3 is 2.60 bits per heavy atom. The van der Waals surface area contributed by atoms with E-state index in [0.717, 1.165) is 64.1 Å². The molecule has 1 aromatic rings. The van der Waals surface area contributed by atoms with Gasteiger partial charge in [-0.1, -0.05) is 25.9 Å². The van der Waals surface area contributed by atoms with Crippen LogP contribution in [0.2, 0.25) is 0 Å². The molecule has 0 spiro atoms. The Morgan fingerprint density at radius 2 is 1.96 bits per heavy atom. The van der Waals surface area contributed by atoms with Crippen molar-refractivity contribution < 1.29 is 9.32 Å². The number of likely N-dealkylation sites (tertiary alicyclic amines) is 2. The molecule has 2 aliphatic rings. The molecule has 0 saturated carbocycles. The van der Waals surface area contributed by atoms with Crippen molar-refractivity contribution in [3.63, 3.8) is 0 Å². The van der Waals surface area contributed by atoms with Crippen molar-refractivity contribution in [3.05, 3.63) is 11.7 Å². The van der Waals surface area contributed by atoms with E-state index in [9.17, 15) is 4.79 Å². The molecular formula is C19H32N4O2. The Hall–Kier alpha value is -1.43. The predicted octanol–water partition coefficient (Wildman–Crippen LogP) is 3.37. The molecule has 0 radical (unpaired) electrons. The lowest BCUT2D eigenvalue weighted by atomic mass is 9.92. The molecule has 0 aromatic carbocycles. The summed E-state index contributed by atoms with van der Waals surface area (Å²) in [5.41, 5.74) is 0. The molecule has 0 aliphatic carbocycles. The van der Waals surface area contributed by atoms with E-state index in [1.165, 1.54) is 0 Å². The van der Waals surface area contributed by atoms with Crippen LogP contribution in [0.15, 0.2) is 4.52 Å². The van der Waals surface area contributed by atoms with Gasteiger partial charge in [0.25, 0.3) is 0 Å². The monoisotopic (exact) mass is 348 g/mol. The third-order valence-electron chi connectivity index (χ3n) is 5.70. The van der Waals surface area contributed by atoms with Crippen LogP contribution < -0.4 is 0 Å². The fraction of sp³-hybridized carbons (Fsp3) is 0.842. The Balaban J connectivity index is 1.62. The maximum atomic E-state index is 13.0. The lowest BCUT2D eigenvalue weighted by molar-refractivity contribution is -0.137. The average molecular weight is 348 g/mol. The first-order chi connectivity index (χ1) is 12.1. The van der Waals surface area contributed by atoms with E-state index >= 15 is 0 Å². The van der Waals surface area contributed by atoms with E-state index in [0.29, 0.717) is 18.2 Å². The summed E-state index contributed by atoms with van der Waals surface area (Å²) in [6.07, 6.45) is 6.05. The average Bonchev–Trinajstić information content (AvgIpc) is 3.12. The highest BCUT2D eigenvalue weighted by molar-refractivity contribution is 5.77. The molecule has 6 heteroatoms. The van der Waals surface area contributed by atoms with Gasteiger partial charge < -0.3 is 14.3 Å². The van der Waals surface area contributed by atoms with Crippen molar-refractivity contribution in [1.29, 1.82) is 0 Å². The van der Waals surface area contributed by atoms with Gasteiger partial charge in [0.05, 0.1) is 0 Å². The molecule has 0 unspecified atom stereocenters. The highest BCUT2D eigenvalue weighted by Gasteiger charge is 2.33. The Kier molecular flexibility index (Phi) is 6.10. The van der Waals surface area contributed by atoms with Crippen LogP contribution in [0, 0.1) is 5.92 Å². The fourth-order valence-electron chi connectivity index (χ4n) is 3.97. The minimum absolute atomic E-state index is 0.0306. The standard InChI is InChI=1S/C19H32N4O2/c1-4-22-11-8-15(9-12-22)13-17(24)23-10-6-5-7-16(23)19-20-18(14(2)3)21-25-19/h14-16H,4-13H2,1-3H3/t16-/m1/s1. The summed E-state index contributed by atoms with van der Waals surface area (Å²) < 4.78 is 5.50. The zero-order valence-electron chi connectivity index (χ0n) is 15.9. The first kappa shape index (κ1) is 18.4. The van der Waals surface area contributed by atoms with E-state index in [2.05, 4.69) is 35.8 Å². The van der Waals surface area contributed by atoms with Gasteiger partial charge in [-0.3, -0.25) is 4.79 Å². The quantitative estimate of drug-likeness (QED) is 0.816. The van der Waals surface area contributed by atoms with Gasteiger partial charge in [0.1, 0.15) is 6.04 Å². The Bertz CT molecular complexity index is 564. The topological polar surface area (TPSA) is 62.5 Å². The molecule has 0 N–H and O–H groups in total. The zero-order valence-corrected chi connectivity index (χ0v) is 15.9. The number of rotatable bonds is 5. The summed E-state index contributed by atoms with van der Waals surface area (Å²) in [6.45, 7) is 10.5. The van der Waals surface area contributed by atoms with E-state index in [4.69, 9.17) is 4.52 Å². The lowest BCUT2D eigenvalue weighted by Crippen LogP contribution is -2.41. The number of amides is 1. The fourth-order valence-corrected chi connectivity index (χ4v) is 3.97. The molecule has 6 nitrogen and oxygen atoms in total. The zero-order chi connectivity index (χ0) is 17.8. The first-order valence-corrected chi connectivity index (χ1v) is 9.93. The van der Waals surface area contributed by atoms with Crippen molar-refractivity contribution in [3.8, 4) is 0 Å². The molecule has 140 valence electrons.